The number of H-pyrrole nitrogens is 1. The molecule has 2 aromatic carbocycles. The van der Waals surface area contributed by atoms with Gasteiger partial charge in [0.05, 0.1) is 29.4 Å². The van der Waals surface area contributed by atoms with Gasteiger partial charge in [-0.05, 0) is 49.9 Å². The molecule has 3 heterocycles. The second kappa shape index (κ2) is 10.0. The van der Waals surface area contributed by atoms with Gasteiger partial charge >= 0.3 is 0 Å². The van der Waals surface area contributed by atoms with Crippen LogP contribution in [0.1, 0.15) is 27.3 Å². The molecule has 4 N–H and O–H groups in total. The van der Waals surface area contributed by atoms with E-state index in [0.717, 1.165) is 45.2 Å². The van der Waals surface area contributed by atoms with Crippen molar-refractivity contribution >= 4 is 45.7 Å². The molecular formula is C25H27Cl2N7O. The number of nitrogens with one attached hydrogen (secondary N) is 2. The summed E-state index contributed by atoms with van der Waals surface area (Å²) in [5, 5.41) is 17.0. The molecule has 0 bridgehead atoms. The molecule has 1 aliphatic heterocycles. The summed E-state index contributed by atoms with van der Waals surface area (Å²) in [5.74, 6) is -0.498. The third-order valence-electron chi connectivity index (χ3n) is 6.05. The molecule has 2 aromatic heterocycles. The number of carbonyl (C=O) groups is 1. The van der Waals surface area contributed by atoms with E-state index in [4.69, 9.17) is 28.9 Å². The highest BCUT2D eigenvalue weighted by Gasteiger charge is 2.27. The van der Waals surface area contributed by atoms with Gasteiger partial charge in [0.25, 0.3) is 5.91 Å². The molecule has 1 amide bonds. The Hall–Kier alpha value is -3.49. The fourth-order valence-electron chi connectivity index (χ4n) is 4.04. The Bertz CT molecular complexity index is 1420. The lowest BCUT2D eigenvalue weighted by Crippen LogP contribution is -2.31. The molecule has 0 spiro atoms. The maximum Gasteiger partial charge on any atom is 0.252 e. The molecule has 4 aromatic rings. The van der Waals surface area contributed by atoms with E-state index in [1.54, 1.807) is 12.3 Å². The molecule has 0 fully saturated rings. The van der Waals surface area contributed by atoms with Crippen molar-refractivity contribution in [1.29, 1.82) is 0 Å². The first kappa shape index (κ1) is 24.6. The van der Waals surface area contributed by atoms with Crippen molar-refractivity contribution in [2.75, 3.05) is 18.9 Å². The second-order valence-corrected chi connectivity index (χ2v) is 9.14. The highest BCUT2D eigenvalue weighted by Crippen LogP contribution is 2.34. The van der Waals surface area contributed by atoms with E-state index in [9.17, 15) is 4.79 Å². The molecule has 182 valence electrons. The fourth-order valence-corrected chi connectivity index (χ4v) is 4.48. The number of fused-ring (bicyclic) bond motifs is 2. The van der Waals surface area contributed by atoms with Crippen LogP contribution in [0.15, 0.2) is 43.1 Å². The number of nitrogens with zero attached hydrogens (tertiary/aromatic N) is 4. The molecule has 5 rings (SSSR count). The largest absolute Gasteiger partial charge is 0.388 e. The third kappa shape index (κ3) is 4.85. The first-order valence-electron chi connectivity index (χ1n) is 11.1. The van der Waals surface area contributed by atoms with E-state index in [1.165, 1.54) is 0 Å². The van der Waals surface area contributed by atoms with Crippen LogP contribution in [0.2, 0.25) is 10.0 Å². The molecule has 10 heteroatoms. The van der Waals surface area contributed by atoms with Gasteiger partial charge in [0.15, 0.2) is 0 Å². The number of benzene rings is 2. The molecule has 0 saturated heterocycles. The van der Waals surface area contributed by atoms with E-state index in [2.05, 4.69) is 27.2 Å². The quantitative estimate of drug-likeness (QED) is 0.352. The van der Waals surface area contributed by atoms with Gasteiger partial charge in [-0.1, -0.05) is 35.8 Å². The molecule has 8 nitrogen and oxygen atoms in total. The number of halogens is 2. The lowest BCUT2D eigenvalue weighted by atomic mass is 10.0. The van der Waals surface area contributed by atoms with Crippen molar-refractivity contribution in [3.63, 3.8) is 0 Å². The lowest BCUT2D eigenvalue weighted by Gasteiger charge is -2.26. The van der Waals surface area contributed by atoms with Gasteiger partial charge < -0.3 is 16.0 Å². The first-order chi connectivity index (χ1) is 16.7. The van der Waals surface area contributed by atoms with Crippen LogP contribution >= 0.6 is 23.2 Å². The van der Waals surface area contributed by atoms with Crippen LogP contribution < -0.4 is 11.1 Å². The van der Waals surface area contributed by atoms with Crippen molar-refractivity contribution in [2.24, 2.45) is 5.73 Å². The van der Waals surface area contributed by atoms with Crippen LogP contribution in [0.5, 0.6) is 0 Å². The summed E-state index contributed by atoms with van der Waals surface area (Å²) >= 11 is 12.2. The number of nitrogens with two attached hydrogens (primary N) is 1. The molecule has 0 aliphatic carbocycles. The number of aromatic amines is 1. The van der Waals surface area contributed by atoms with E-state index in [1.807, 2.05) is 54.7 Å². The van der Waals surface area contributed by atoms with Crippen LogP contribution in [0.4, 0.5) is 5.69 Å². The molecule has 0 unspecified atom stereocenters. The summed E-state index contributed by atoms with van der Waals surface area (Å²) in [5.41, 5.74) is 12.0. The molecule has 0 atom stereocenters. The minimum absolute atomic E-state index is 0.433. The van der Waals surface area contributed by atoms with Gasteiger partial charge in [0, 0.05) is 40.9 Å². The average molecular weight is 512 g/mol. The van der Waals surface area contributed by atoms with Gasteiger partial charge in [-0.25, -0.2) is 0 Å². The predicted molar refractivity (Wildman–Crippen MR) is 142 cm³/mol. The highest BCUT2D eigenvalue weighted by atomic mass is 35.5. The molecule has 35 heavy (non-hydrogen) atoms. The fraction of sp³-hybridized carbons (Fsp3) is 0.240. The van der Waals surface area contributed by atoms with Gasteiger partial charge in [0.2, 0.25) is 0 Å². The van der Waals surface area contributed by atoms with E-state index in [-0.39, 0.29) is 0 Å². The van der Waals surface area contributed by atoms with E-state index >= 15 is 0 Å². The topological polar surface area (TPSA) is 105 Å². The smallest absolute Gasteiger partial charge is 0.252 e. The van der Waals surface area contributed by atoms with Crippen molar-refractivity contribution in [3.05, 3.63) is 75.7 Å². The van der Waals surface area contributed by atoms with Crippen LogP contribution in [-0.4, -0.2) is 44.4 Å². The molecule has 0 radical (unpaired) electrons. The number of aryl methyl sites for hydroxylation is 2. The Balaban J connectivity index is 0.000000243. The Morgan fingerprint density at radius 2 is 1.97 bits per heavy atom. The average Bonchev–Trinajstić information content (AvgIpc) is 3.41. The maximum absolute atomic E-state index is 12.2. The molecule has 1 aliphatic rings. The Morgan fingerprint density at radius 1 is 1.20 bits per heavy atom. The number of amides is 1. The van der Waals surface area contributed by atoms with Crippen LogP contribution in [0.3, 0.4) is 0 Å². The predicted octanol–water partition coefficient (Wildman–Crippen LogP) is 5.14. The summed E-state index contributed by atoms with van der Waals surface area (Å²) in [7, 11) is 1.88. The second-order valence-electron chi connectivity index (χ2n) is 8.33. The van der Waals surface area contributed by atoms with Gasteiger partial charge in [-0.2, -0.15) is 10.2 Å². The Morgan fingerprint density at radius 3 is 2.63 bits per heavy atom. The van der Waals surface area contributed by atoms with Gasteiger partial charge in [-0.15, -0.1) is 0 Å². The van der Waals surface area contributed by atoms with Crippen LogP contribution in [0.25, 0.3) is 22.2 Å². The van der Waals surface area contributed by atoms with Gasteiger partial charge in [0.1, 0.15) is 11.2 Å². The molecular weight excluding hydrogens is 485 g/mol. The number of hydrogen-bond donors (Lipinski definition) is 3. The zero-order valence-corrected chi connectivity index (χ0v) is 21.3. The number of primary amides is 1. The lowest BCUT2D eigenvalue weighted by molar-refractivity contribution is 0.0998. The minimum Gasteiger partial charge on any atom is -0.388 e. The summed E-state index contributed by atoms with van der Waals surface area (Å²) < 4.78 is 1.84. The summed E-state index contributed by atoms with van der Waals surface area (Å²) in [6.45, 7) is 9.72. The monoisotopic (exact) mass is 511 g/mol. The Kier molecular flexibility index (Phi) is 7.05. The maximum atomic E-state index is 12.2. The molecule has 0 saturated carbocycles. The zero-order chi connectivity index (χ0) is 25.3. The number of hydrogen-bond acceptors (Lipinski definition) is 5. The zero-order valence-electron chi connectivity index (χ0n) is 19.8. The van der Waals surface area contributed by atoms with Gasteiger partial charge in [-0.3, -0.25) is 14.6 Å². The van der Waals surface area contributed by atoms with Crippen molar-refractivity contribution in [3.8, 4) is 11.3 Å². The number of carbonyl (C=O) groups excluding carboxylic acids is 1. The van der Waals surface area contributed by atoms with Crippen molar-refractivity contribution in [2.45, 2.75) is 26.9 Å². The summed E-state index contributed by atoms with van der Waals surface area (Å²) in [4.78, 5) is 14.2. The highest BCUT2D eigenvalue weighted by molar-refractivity contribution is 6.35. The van der Waals surface area contributed by atoms with Crippen molar-refractivity contribution in [1.82, 2.24) is 24.9 Å². The van der Waals surface area contributed by atoms with E-state index in [0.29, 0.717) is 34.9 Å². The number of aromatic nitrogens is 4. The standard InChI is InChI=1S/C17H17ClN6O.C8H10ClN/c1-3-23-4-5-24-13(8-23)14(17(19)25)15(22-24)10-6-11-9(2)20-21-16(11)12(18)7-10;1-6-3-4-7(10-2)5-8(6)9/h3,6-7H,1,4-5,8H2,2H3,(H2,19,25)(H,20,21);3-5,10H,1-2H3. The number of rotatable bonds is 4. The normalized spacial score (nSPS) is 12.7. The van der Waals surface area contributed by atoms with Crippen LogP contribution in [-0.2, 0) is 13.1 Å². The van der Waals surface area contributed by atoms with E-state index < -0.39 is 5.91 Å². The third-order valence-corrected chi connectivity index (χ3v) is 6.75. The Labute approximate surface area is 213 Å². The van der Waals surface area contributed by atoms with Crippen LogP contribution in [0, 0.1) is 13.8 Å². The SMILES string of the molecule is C=CN1CCn2nc(-c3cc(Cl)c4n[nH]c(C)c4c3)c(C(N)=O)c2C1.CNc1ccc(C)c(Cl)c1. The minimum atomic E-state index is -0.498. The number of anilines is 1. The summed E-state index contributed by atoms with van der Waals surface area (Å²) in [6.07, 6.45) is 1.76. The first-order valence-corrected chi connectivity index (χ1v) is 11.8. The van der Waals surface area contributed by atoms with Crippen molar-refractivity contribution < 1.29 is 4.79 Å². The summed E-state index contributed by atoms with van der Waals surface area (Å²) in [6, 6.07) is 9.62.